The average molecular weight is 982 g/mol. The smallest absolute Gasteiger partial charge is 0.306 e. The van der Waals surface area contributed by atoms with Crippen LogP contribution in [-0.4, -0.2) is 37.2 Å². The summed E-state index contributed by atoms with van der Waals surface area (Å²) in [5, 5.41) is 0. The first-order chi connectivity index (χ1) is 34.5. The molecule has 0 aromatic rings. The van der Waals surface area contributed by atoms with Crippen molar-refractivity contribution in [2.45, 2.75) is 329 Å². The molecule has 0 aliphatic heterocycles. The Morgan fingerprint density at radius 3 is 0.886 bits per heavy atom. The Balaban J connectivity index is 4.35. The molecule has 0 radical (unpaired) electrons. The number of carbonyl (C=O) groups excluding carboxylic acids is 3. The van der Waals surface area contributed by atoms with E-state index in [0.29, 0.717) is 19.3 Å². The fourth-order valence-corrected chi connectivity index (χ4v) is 8.98. The first-order valence-corrected chi connectivity index (χ1v) is 30.6. The lowest BCUT2D eigenvalue weighted by molar-refractivity contribution is -0.167. The van der Waals surface area contributed by atoms with E-state index in [9.17, 15) is 14.4 Å². The fraction of sp³-hybridized carbons (Fsp3) is 0.828. The Bertz CT molecular complexity index is 1220. The molecule has 0 aromatic carbocycles. The van der Waals surface area contributed by atoms with Crippen LogP contribution < -0.4 is 0 Å². The molecule has 0 spiro atoms. The van der Waals surface area contributed by atoms with Crippen molar-refractivity contribution in [1.29, 1.82) is 0 Å². The third-order valence-corrected chi connectivity index (χ3v) is 13.6. The number of rotatable bonds is 56. The van der Waals surface area contributed by atoms with Crippen molar-refractivity contribution in [3.63, 3.8) is 0 Å². The number of ether oxygens (including phenoxy) is 3. The fourth-order valence-electron chi connectivity index (χ4n) is 8.98. The number of carbonyl (C=O) groups is 3. The van der Waals surface area contributed by atoms with Crippen LogP contribution >= 0.6 is 0 Å². The van der Waals surface area contributed by atoms with Crippen molar-refractivity contribution >= 4 is 17.9 Å². The highest BCUT2D eigenvalue weighted by atomic mass is 16.6. The van der Waals surface area contributed by atoms with E-state index in [1.54, 1.807) is 0 Å². The molecule has 1 atom stereocenters. The summed E-state index contributed by atoms with van der Waals surface area (Å²) in [4.78, 5) is 38.2. The van der Waals surface area contributed by atoms with Gasteiger partial charge >= 0.3 is 17.9 Å². The van der Waals surface area contributed by atoms with Gasteiger partial charge in [-0.05, 0) is 77.0 Å². The largest absolute Gasteiger partial charge is 0.462 e. The van der Waals surface area contributed by atoms with Crippen LogP contribution in [0.5, 0.6) is 0 Å². The molecule has 0 unspecified atom stereocenters. The number of hydrogen-bond donors (Lipinski definition) is 0. The number of allylic oxidation sites excluding steroid dienone is 8. The molecule has 0 fully saturated rings. The second-order valence-electron chi connectivity index (χ2n) is 20.6. The molecule has 6 heteroatoms. The third kappa shape index (κ3) is 56.3. The minimum Gasteiger partial charge on any atom is -0.462 e. The standard InChI is InChI=1S/C64H116O6/c1-4-7-10-13-16-19-22-25-28-30-32-34-36-39-42-45-48-51-54-57-63(66)69-60-61(59-68-62(65)56-53-50-47-44-41-38-35-27-24-21-18-15-12-9-6-3)70-64(67)58-55-52-49-46-43-40-37-33-31-29-26-23-20-17-14-11-8-5-2/h9,12,18,21,27,30,32,35,61H,4-8,10-11,13-17,19-20,22-26,28-29,31,33-34,36-60H2,1-3H3/b12-9-,21-18-,32-30-,35-27-/t61-/m1/s1. The zero-order valence-electron chi connectivity index (χ0n) is 46.8. The zero-order chi connectivity index (χ0) is 50.7. The lowest BCUT2D eigenvalue weighted by Crippen LogP contribution is -2.30. The Morgan fingerprint density at radius 1 is 0.300 bits per heavy atom. The Labute approximate surface area is 435 Å². The molecule has 0 aliphatic rings. The molecule has 0 saturated carbocycles. The van der Waals surface area contributed by atoms with Crippen molar-refractivity contribution in [3.8, 4) is 0 Å². The minimum atomic E-state index is -0.780. The topological polar surface area (TPSA) is 78.9 Å². The van der Waals surface area contributed by atoms with E-state index in [-0.39, 0.29) is 31.1 Å². The van der Waals surface area contributed by atoms with Gasteiger partial charge in [-0.1, -0.05) is 275 Å². The summed E-state index contributed by atoms with van der Waals surface area (Å²) in [6, 6.07) is 0. The predicted octanol–water partition coefficient (Wildman–Crippen LogP) is 20.6. The summed E-state index contributed by atoms with van der Waals surface area (Å²) in [5.41, 5.74) is 0. The Morgan fingerprint density at radius 2 is 0.557 bits per heavy atom. The maximum atomic E-state index is 12.9. The molecule has 408 valence electrons. The summed E-state index contributed by atoms with van der Waals surface area (Å²) in [6.45, 7) is 6.56. The lowest BCUT2D eigenvalue weighted by atomic mass is 10.0. The number of hydrogen-bond acceptors (Lipinski definition) is 6. The number of unbranched alkanes of at least 4 members (excludes halogenated alkanes) is 37. The van der Waals surface area contributed by atoms with Crippen LogP contribution in [0.3, 0.4) is 0 Å². The van der Waals surface area contributed by atoms with Crippen LogP contribution in [0.2, 0.25) is 0 Å². The highest BCUT2D eigenvalue weighted by Gasteiger charge is 2.19. The predicted molar refractivity (Wildman–Crippen MR) is 302 cm³/mol. The van der Waals surface area contributed by atoms with E-state index in [2.05, 4.69) is 69.4 Å². The van der Waals surface area contributed by atoms with Crippen molar-refractivity contribution in [1.82, 2.24) is 0 Å². The molecule has 6 nitrogen and oxygen atoms in total. The van der Waals surface area contributed by atoms with Crippen molar-refractivity contribution in [2.75, 3.05) is 13.2 Å². The van der Waals surface area contributed by atoms with Gasteiger partial charge in [0, 0.05) is 19.3 Å². The highest BCUT2D eigenvalue weighted by molar-refractivity contribution is 5.71. The van der Waals surface area contributed by atoms with Gasteiger partial charge in [-0.3, -0.25) is 14.4 Å². The molecule has 0 amide bonds. The van der Waals surface area contributed by atoms with Gasteiger partial charge in [0.2, 0.25) is 0 Å². The minimum absolute atomic E-state index is 0.0778. The molecule has 0 N–H and O–H groups in total. The van der Waals surface area contributed by atoms with E-state index in [0.717, 1.165) is 96.3 Å². The van der Waals surface area contributed by atoms with Crippen LogP contribution in [0.4, 0.5) is 0 Å². The average Bonchev–Trinajstić information content (AvgIpc) is 3.36. The highest BCUT2D eigenvalue weighted by Crippen LogP contribution is 2.17. The van der Waals surface area contributed by atoms with Crippen LogP contribution in [0, 0.1) is 0 Å². The van der Waals surface area contributed by atoms with Gasteiger partial charge in [0.1, 0.15) is 13.2 Å². The van der Waals surface area contributed by atoms with Gasteiger partial charge in [0.15, 0.2) is 6.10 Å². The van der Waals surface area contributed by atoms with Crippen molar-refractivity contribution < 1.29 is 28.6 Å². The van der Waals surface area contributed by atoms with E-state index in [1.165, 1.54) is 186 Å². The maximum Gasteiger partial charge on any atom is 0.306 e. The van der Waals surface area contributed by atoms with Crippen LogP contribution in [0.25, 0.3) is 0 Å². The summed E-state index contributed by atoms with van der Waals surface area (Å²) in [5.74, 6) is -0.880. The second-order valence-corrected chi connectivity index (χ2v) is 20.6. The monoisotopic (exact) mass is 981 g/mol. The van der Waals surface area contributed by atoms with E-state index < -0.39 is 6.10 Å². The Kier molecular flexibility index (Phi) is 56.7. The van der Waals surface area contributed by atoms with E-state index in [1.807, 2.05) is 0 Å². The van der Waals surface area contributed by atoms with E-state index in [4.69, 9.17) is 14.2 Å². The lowest BCUT2D eigenvalue weighted by Gasteiger charge is -2.18. The van der Waals surface area contributed by atoms with Gasteiger partial charge in [0.05, 0.1) is 0 Å². The quantitative estimate of drug-likeness (QED) is 0.0261. The zero-order valence-corrected chi connectivity index (χ0v) is 46.8. The van der Waals surface area contributed by atoms with Crippen LogP contribution in [0.15, 0.2) is 48.6 Å². The molecular formula is C64H116O6. The first-order valence-electron chi connectivity index (χ1n) is 30.6. The van der Waals surface area contributed by atoms with Crippen molar-refractivity contribution in [2.24, 2.45) is 0 Å². The van der Waals surface area contributed by atoms with Gasteiger partial charge in [-0.25, -0.2) is 0 Å². The summed E-state index contributed by atoms with van der Waals surface area (Å²) >= 11 is 0. The first kappa shape index (κ1) is 67.4. The van der Waals surface area contributed by atoms with Gasteiger partial charge in [0.25, 0.3) is 0 Å². The normalized spacial score (nSPS) is 12.3. The molecule has 0 rings (SSSR count). The van der Waals surface area contributed by atoms with Gasteiger partial charge in [-0.2, -0.15) is 0 Å². The molecule has 0 aromatic heterocycles. The van der Waals surface area contributed by atoms with Gasteiger partial charge in [-0.15, -0.1) is 0 Å². The Hall–Kier alpha value is -2.63. The molecule has 0 heterocycles. The molecule has 0 aliphatic carbocycles. The summed E-state index contributed by atoms with van der Waals surface area (Å²) in [6.07, 6.45) is 72.5. The second kappa shape index (κ2) is 58.9. The van der Waals surface area contributed by atoms with Gasteiger partial charge < -0.3 is 14.2 Å². The molecule has 0 bridgehead atoms. The van der Waals surface area contributed by atoms with E-state index >= 15 is 0 Å². The third-order valence-electron chi connectivity index (χ3n) is 13.6. The van der Waals surface area contributed by atoms with Crippen molar-refractivity contribution in [3.05, 3.63) is 48.6 Å². The summed E-state index contributed by atoms with van der Waals surface area (Å²) < 4.78 is 16.9. The molecular weight excluding hydrogens is 865 g/mol. The van der Waals surface area contributed by atoms with Crippen LogP contribution in [0.1, 0.15) is 323 Å². The number of esters is 3. The maximum absolute atomic E-state index is 12.9. The molecule has 0 saturated heterocycles. The SMILES string of the molecule is CC/C=C\C/C=C\C/C=C\CCCCCCCC(=O)OC[C@H](COC(=O)CCCCCCCCC/C=C\CCCCCCCCCC)OC(=O)CCCCCCCCCCCCCCCCCCCC. The van der Waals surface area contributed by atoms with Crippen LogP contribution in [-0.2, 0) is 28.6 Å². The summed E-state index contributed by atoms with van der Waals surface area (Å²) in [7, 11) is 0. The molecule has 70 heavy (non-hydrogen) atoms.